The van der Waals surface area contributed by atoms with E-state index in [0.717, 1.165) is 10.4 Å². The summed E-state index contributed by atoms with van der Waals surface area (Å²) < 4.78 is 0.953. The molecule has 4 heteroatoms. The molecular weight excluding hydrogens is 244 g/mol. The smallest absolute Gasteiger partial charge is 0.279 e. The first-order valence-corrected chi connectivity index (χ1v) is 6.49. The summed E-state index contributed by atoms with van der Waals surface area (Å²) in [5.41, 5.74) is 0.668. The fourth-order valence-corrected chi connectivity index (χ4v) is 2.61. The monoisotopic (exact) mass is 258 g/mol. The summed E-state index contributed by atoms with van der Waals surface area (Å²) >= 11 is 1.51. The Morgan fingerprint density at radius 3 is 2.89 bits per heavy atom. The topological polar surface area (TPSA) is 42.0 Å². The van der Waals surface area contributed by atoms with Crippen molar-refractivity contribution in [1.29, 1.82) is 0 Å². The van der Waals surface area contributed by atoms with Gasteiger partial charge in [-0.15, -0.1) is 11.3 Å². The number of hydrogen-bond donors (Lipinski definition) is 1. The van der Waals surface area contributed by atoms with Gasteiger partial charge in [0.1, 0.15) is 5.01 Å². The minimum absolute atomic E-state index is 0.180. The number of hydrogen-bond acceptors (Lipinski definition) is 4. The highest BCUT2D eigenvalue weighted by Crippen LogP contribution is 2.21. The van der Waals surface area contributed by atoms with Gasteiger partial charge in [-0.2, -0.15) is 4.98 Å². The SMILES string of the molecule is C/C=C/C=C(\NC)c1nc(=O)c2ccccc2s1. The highest BCUT2D eigenvalue weighted by Gasteiger charge is 2.06. The molecule has 0 aliphatic rings. The van der Waals surface area contributed by atoms with Crippen molar-refractivity contribution in [2.75, 3.05) is 7.05 Å². The second-order valence-corrected chi connectivity index (χ2v) is 4.71. The molecule has 0 saturated heterocycles. The van der Waals surface area contributed by atoms with E-state index in [1.165, 1.54) is 11.3 Å². The largest absolute Gasteiger partial charge is 0.386 e. The van der Waals surface area contributed by atoms with Crippen LogP contribution in [0.1, 0.15) is 11.9 Å². The van der Waals surface area contributed by atoms with E-state index in [2.05, 4.69) is 10.3 Å². The Hall–Kier alpha value is -1.94. The number of aromatic nitrogens is 1. The first-order valence-electron chi connectivity index (χ1n) is 5.67. The predicted octanol–water partition coefficient (Wildman–Crippen LogP) is 2.79. The lowest BCUT2D eigenvalue weighted by atomic mass is 10.3. The summed E-state index contributed by atoms with van der Waals surface area (Å²) in [7, 11) is 1.82. The van der Waals surface area contributed by atoms with Crippen LogP contribution in [-0.4, -0.2) is 12.0 Å². The Labute approximate surface area is 110 Å². The van der Waals surface area contributed by atoms with Crippen molar-refractivity contribution in [2.24, 2.45) is 0 Å². The first-order chi connectivity index (χ1) is 8.76. The molecule has 18 heavy (non-hydrogen) atoms. The Morgan fingerprint density at radius 2 is 2.17 bits per heavy atom. The zero-order valence-corrected chi connectivity index (χ0v) is 11.1. The van der Waals surface area contributed by atoms with Crippen molar-refractivity contribution in [3.8, 4) is 0 Å². The van der Waals surface area contributed by atoms with Crippen molar-refractivity contribution in [3.63, 3.8) is 0 Å². The number of nitrogens with one attached hydrogen (secondary N) is 1. The molecule has 0 bridgehead atoms. The van der Waals surface area contributed by atoms with Crippen LogP contribution in [0.3, 0.4) is 0 Å². The van der Waals surface area contributed by atoms with Crippen LogP contribution in [0.4, 0.5) is 0 Å². The second-order valence-electron chi connectivity index (χ2n) is 3.68. The molecule has 2 aromatic rings. The minimum atomic E-state index is -0.180. The quantitative estimate of drug-likeness (QED) is 0.861. The molecule has 0 amide bonds. The Balaban J connectivity index is 2.62. The van der Waals surface area contributed by atoms with Crippen LogP contribution >= 0.6 is 11.3 Å². The summed E-state index contributed by atoms with van der Waals surface area (Å²) in [6.07, 6.45) is 5.76. The molecular formula is C14H14N2OS. The molecule has 0 fully saturated rings. The third kappa shape index (κ3) is 2.49. The predicted molar refractivity (Wildman–Crippen MR) is 77.7 cm³/mol. The van der Waals surface area contributed by atoms with Crippen LogP contribution in [0.15, 0.2) is 47.3 Å². The van der Waals surface area contributed by atoms with Gasteiger partial charge >= 0.3 is 0 Å². The van der Waals surface area contributed by atoms with E-state index in [1.54, 1.807) is 6.07 Å². The van der Waals surface area contributed by atoms with Crippen molar-refractivity contribution in [3.05, 3.63) is 57.9 Å². The highest BCUT2D eigenvalue weighted by molar-refractivity contribution is 7.19. The van der Waals surface area contributed by atoms with Crippen molar-refractivity contribution in [1.82, 2.24) is 10.3 Å². The van der Waals surface area contributed by atoms with Gasteiger partial charge in [-0.1, -0.05) is 24.3 Å². The summed E-state index contributed by atoms with van der Waals surface area (Å²) in [6.45, 7) is 1.94. The normalized spacial score (nSPS) is 12.2. The molecule has 1 aromatic heterocycles. The summed E-state index contributed by atoms with van der Waals surface area (Å²) in [5.74, 6) is 0. The molecule has 3 nitrogen and oxygen atoms in total. The summed E-state index contributed by atoms with van der Waals surface area (Å²) in [6, 6.07) is 7.53. The van der Waals surface area contributed by atoms with Gasteiger partial charge in [0.2, 0.25) is 0 Å². The van der Waals surface area contributed by atoms with E-state index in [0.29, 0.717) is 10.4 Å². The molecule has 0 aliphatic carbocycles. The van der Waals surface area contributed by atoms with Gasteiger partial charge in [0.25, 0.3) is 5.56 Å². The van der Waals surface area contributed by atoms with E-state index >= 15 is 0 Å². The second kappa shape index (κ2) is 5.60. The molecule has 2 rings (SSSR count). The standard InChI is InChI=1S/C14H14N2OS/c1-3-4-8-11(15-2)14-16-13(17)10-7-5-6-9-12(10)18-14/h3-9,15H,1-2H3/b4-3+,11-8-. The number of nitrogens with zero attached hydrogens (tertiary/aromatic N) is 1. The maximum atomic E-state index is 11.9. The highest BCUT2D eigenvalue weighted by atomic mass is 32.1. The van der Waals surface area contributed by atoms with Gasteiger partial charge < -0.3 is 5.32 Å². The number of rotatable bonds is 3. The molecule has 1 N–H and O–H groups in total. The fourth-order valence-electron chi connectivity index (χ4n) is 1.58. The van der Waals surface area contributed by atoms with Crippen LogP contribution in [-0.2, 0) is 0 Å². The molecule has 1 heterocycles. The Morgan fingerprint density at radius 1 is 1.39 bits per heavy atom. The molecule has 0 saturated carbocycles. The summed E-state index contributed by atoms with van der Waals surface area (Å²) in [4.78, 5) is 16.0. The number of benzene rings is 1. The third-order valence-electron chi connectivity index (χ3n) is 2.48. The van der Waals surface area contributed by atoms with Crippen LogP contribution in [0.5, 0.6) is 0 Å². The molecule has 1 aromatic carbocycles. The van der Waals surface area contributed by atoms with Crippen LogP contribution in [0.2, 0.25) is 0 Å². The maximum Gasteiger partial charge on any atom is 0.279 e. The van der Waals surface area contributed by atoms with E-state index in [4.69, 9.17) is 0 Å². The van der Waals surface area contributed by atoms with Gasteiger partial charge in [-0.05, 0) is 25.1 Å². The van der Waals surface area contributed by atoms with E-state index in [9.17, 15) is 4.79 Å². The van der Waals surface area contributed by atoms with Crippen LogP contribution in [0, 0.1) is 0 Å². The van der Waals surface area contributed by atoms with Gasteiger partial charge in [0.15, 0.2) is 0 Å². The van der Waals surface area contributed by atoms with Gasteiger partial charge in [-0.3, -0.25) is 4.79 Å². The summed E-state index contributed by atoms with van der Waals surface area (Å²) in [5, 5.41) is 4.45. The van der Waals surface area contributed by atoms with Crippen molar-refractivity contribution in [2.45, 2.75) is 6.92 Å². The molecule has 0 unspecified atom stereocenters. The van der Waals surface area contributed by atoms with Gasteiger partial charge in [0, 0.05) is 11.7 Å². The van der Waals surface area contributed by atoms with Crippen LogP contribution < -0.4 is 10.9 Å². The van der Waals surface area contributed by atoms with E-state index in [-0.39, 0.29) is 5.56 Å². The molecule has 0 spiro atoms. The van der Waals surface area contributed by atoms with Gasteiger partial charge in [-0.25, -0.2) is 0 Å². The van der Waals surface area contributed by atoms with Crippen molar-refractivity contribution < 1.29 is 0 Å². The number of allylic oxidation sites excluding steroid dienone is 3. The average Bonchev–Trinajstić information content (AvgIpc) is 2.40. The maximum absolute atomic E-state index is 11.9. The lowest BCUT2D eigenvalue weighted by Crippen LogP contribution is -2.12. The van der Waals surface area contributed by atoms with Crippen molar-refractivity contribution >= 4 is 27.1 Å². The molecule has 92 valence electrons. The fraction of sp³-hybridized carbons (Fsp3) is 0.143. The molecule has 0 atom stereocenters. The lowest BCUT2D eigenvalue weighted by molar-refractivity contribution is 1.10. The Bertz CT molecular complexity index is 671. The van der Waals surface area contributed by atoms with Crippen LogP contribution in [0.25, 0.3) is 15.8 Å². The Kier molecular flexibility index (Phi) is 3.89. The number of fused-ring (bicyclic) bond motifs is 1. The lowest BCUT2D eigenvalue weighted by Gasteiger charge is -2.05. The molecule has 0 radical (unpaired) electrons. The minimum Gasteiger partial charge on any atom is -0.386 e. The first kappa shape index (κ1) is 12.5. The average molecular weight is 258 g/mol. The van der Waals surface area contributed by atoms with E-state index in [1.807, 2.05) is 50.4 Å². The molecule has 0 aliphatic heterocycles. The zero-order chi connectivity index (χ0) is 13.0. The zero-order valence-electron chi connectivity index (χ0n) is 10.3. The van der Waals surface area contributed by atoms with E-state index < -0.39 is 0 Å². The van der Waals surface area contributed by atoms with Gasteiger partial charge in [0.05, 0.1) is 11.1 Å². The third-order valence-corrected chi connectivity index (χ3v) is 3.56.